The molecule has 2 N–H and O–H groups in total. The summed E-state index contributed by atoms with van der Waals surface area (Å²) in [4.78, 5) is 15.6. The van der Waals surface area contributed by atoms with Gasteiger partial charge < -0.3 is 10.3 Å². The highest BCUT2D eigenvalue weighted by molar-refractivity contribution is 7.98. The molecule has 5 nitrogen and oxygen atoms in total. The van der Waals surface area contributed by atoms with Gasteiger partial charge in [0.2, 0.25) is 0 Å². The highest BCUT2D eigenvalue weighted by Gasteiger charge is 2.11. The Labute approximate surface area is 112 Å². The predicted octanol–water partition coefficient (Wildman–Crippen LogP) is 2.96. The Morgan fingerprint density at radius 1 is 1.26 bits per heavy atom. The lowest BCUT2D eigenvalue weighted by molar-refractivity contribution is 0.632. The molecule has 0 saturated carbocycles. The van der Waals surface area contributed by atoms with E-state index in [1.165, 1.54) is 24.2 Å². The van der Waals surface area contributed by atoms with E-state index in [-0.39, 0.29) is 5.82 Å². The smallest absolute Gasteiger partial charge is 0.191 e. The van der Waals surface area contributed by atoms with Crippen LogP contribution in [0.4, 0.5) is 15.9 Å². The maximum atomic E-state index is 13.6. The van der Waals surface area contributed by atoms with E-state index in [2.05, 4.69) is 25.3 Å². The minimum absolute atomic E-state index is 0.334. The van der Waals surface area contributed by atoms with Gasteiger partial charge in [-0.05, 0) is 18.4 Å². The molecule has 2 aromatic heterocycles. The first-order chi connectivity index (χ1) is 9.28. The maximum absolute atomic E-state index is 13.6. The van der Waals surface area contributed by atoms with Crippen LogP contribution in [0.1, 0.15) is 0 Å². The first kappa shape index (κ1) is 11.9. The van der Waals surface area contributed by atoms with Crippen LogP contribution in [0.25, 0.3) is 11.2 Å². The molecule has 7 heteroatoms. The molecule has 0 aliphatic carbocycles. The zero-order valence-electron chi connectivity index (χ0n) is 10.0. The highest BCUT2D eigenvalue weighted by Crippen LogP contribution is 2.25. The van der Waals surface area contributed by atoms with Crippen LogP contribution in [-0.2, 0) is 0 Å². The highest BCUT2D eigenvalue weighted by atomic mass is 32.2. The summed E-state index contributed by atoms with van der Waals surface area (Å²) in [6.07, 6.45) is 3.41. The van der Waals surface area contributed by atoms with Crippen LogP contribution >= 0.6 is 11.8 Å². The van der Waals surface area contributed by atoms with Gasteiger partial charge in [-0.1, -0.05) is 23.9 Å². The summed E-state index contributed by atoms with van der Waals surface area (Å²) in [7, 11) is 0. The fraction of sp³-hybridized carbons (Fsp3) is 0.0833. The van der Waals surface area contributed by atoms with Crippen LogP contribution in [0, 0.1) is 5.82 Å². The van der Waals surface area contributed by atoms with Crippen molar-refractivity contribution >= 4 is 34.4 Å². The molecule has 2 heterocycles. The van der Waals surface area contributed by atoms with Crippen LogP contribution in [-0.4, -0.2) is 26.2 Å². The lowest BCUT2D eigenvalue weighted by Crippen LogP contribution is -1.99. The standard InChI is InChI=1S/C12H10FN5S/c1-19-12-17-10-9(14-6-15-10)11(18-12)16-8-5-3-2-4-7(8)13/h2-6H,1H3,(H2,14,15,16,17,18). The largest absolute Gasteiger partial charge is 0.340 e. The van der Waals surface area contributed by atoms with E-state index >= 15 is 0 Å². The molecule has 0 unspecified atom stereocenters. The van der Waals surface area contributed by atoms with Crippen molar-refractivity contribution in [3.63, 3.8) is 0 Å². The number of halogens is 1. The second-order valence-electron chi connectivity index (χ2n) is 3.76. The summed E-state index contributed by atoms with van der Waals surface area (Å²) in [6.45, 7) is 0. The Kier molecular flexibility index (Phi) is 3.04. The summed E-state index contributed by atoms with van der Waals surface area (Å²) in [5, 5.41) is 3.55. The predicted molar refractivity (Wildman–Crippen MR) is 73.1 cm³/mol. The Morgan fingerprint density at radius 2 is 2.11 bits per heavy atom. The number of aromatic amines is 1. The average molecular weight is 275 g/mol. The molecule has 0 aliphatic rings. The fourth-order valence-corrected chi connectivity index (χ4v) is 2.05. The minimum atomic E-state index is -0.334. The Bertz CT molecular complexity index is 727. The molecule has 0 fully saturated rings. The number of para-hydroxylation sites is 1. The number of aromatic nitrogens is 4. The number of H-pyrrole nitrogens is 1. The molecule has 0 bridgehead atoms. The van der Waals surface area contributed by atoms with Gasteiger partial charge in [0.1, 0.15) is 11.3 Å². The van der Waals surface area contributed by atoms with Gasteiger partial charge in [0.25, 0.3) is 0 Å². The first-order valence-corrected chi connectivity index (χ1v) is 6.77. The minimum Gasteiger partial charge on any atom is -0.340 e. The summed E-state index contributed by atoms with van der Waals surface area (Å²) >= 11 is 1.41. The van der Waals surface area contributed by atoms with Crippen molar-refractivity contribution in [1.82, 2.24) is 19.9 Å². The van der Waals surface area contributed by atoms with E-state index in [1.807, 2.05) is 6.26 Å². The normalized spacial score (nSPS) is 10.8. The number of rotatable bonds is 3. The van der Waals surface area contributed by atoms with Crippen LogP contribution in [0.5, 0.6) is 0 Å². The first-order valence-electron chi connectivity index (χ1n) is 5.54. The van der Waals surface area contributed by atoms with Gasteiger partial charge in [0.05, 0.1) is 12.0 Å². The number of fused-ring (bicyclic) bond motifs is 1. The van der Waals surface area contributed by atoms with Crippen molar-refractivity contribution in [3.05, 3.63) is 36.4 Å². The summed E-state index contributed by atoms with van der Waals surface area (Å²) in [5.41, 5.74) is 1.57. The summed E-state index contributed by atoms with van der Waals surface area (Å²) < 4.78 is 13.6. The van der Waals surface area contributed by atoms with Crippen molar-refractivity contribution in [1.29, 1.82) is 0 Å². The van der Waals surface area contributed by atoms with Crippen molar-refractivity contribution in [3.8, 4) is 0 Å². The fourth-order valence-electron chi connectivity index (χ4n) is 1.69. The van der Waals surface area contributed by atoms with Gasteiger partial charge in [-0.2, -0.15) is 0 Å². The SMILES string of the molecule is CSc1nc(Nc2ccccc2F)c2[nH]cnc2n1. The third-order valence-corrected chi connectivity index (χ3v) is 3.12. The van der Waals surface area contributed by atoms with Gasteiger partial charge in [0.15, 0.2) is 16.6 Å². The molecule has 0 radical (unpaired) electrons. The van der Waals surface area contributed by atoms with Gasteiger partial charge in [0, 0.05) is 0 Å². The molecular formula is C12H10FN5S. The van der Waals surface area contributed by atoms with Crippen molar-refractivity contribution in [2.45, 2.75) is 5.16 Å². The molecule has 0 aliphatic heterocycles. The van der Waals surface area contributed by atoms with Gasteiger partial charge >= 0.3 is 0 Å². The number of hydrogen-bond donors (Lipinski definition) is 2. The molecule has 1 aromatic carbocycles. The molecular weight excluding hydrogens is 265 g/mol. The second-order valence-corrected chi connectivity index (χ2v) is 4.54. The maximum Gasteiger partial charge on any atom is 0.191 e. The van der Waals surface area contributed by atoms with E-state index in [9.17, 15) is 4.39 Å². The zero-order valence-corrected chi connectivity index (χ0v) is 10.8. The van der Waals surface area contributed by atoms with Crippen molar-refractivity contribution < 1.29 is 4.39 Å². The Balaban J connectivity index is 2.09. The van der Waals surface area contributed by atoms with E-state index in [4.69, 9.17) is 0 Å². The molecule has 19 heavy (non-hydrogen) atoms. The van der Waals surface area contributed by atoms with Crippen LogP contribution < -0.4 is 5.32 Å². The molecule has 0 spiro atoms. The number of anilines is 2. The Morgan fingerprint density at radius 3 is 2.89 bits per heavy atom. The third-order valence-electron chi connectivity index (χ3n) is 2.57. The van der Waals surface area contributed by atoms with Crippen LogP contribution in [0.3, 0.4) is 0 Å². The van der Waals surface area contributed by atoms with Gasteiger partial charge in [-0.3, -0.25) is 0 Å². The molecule has 0 amide bonds. The second kappa shape index (κ2) is 4.85. The molecule has 3 rings (SSSR count). The zero-order chi connectivity index (χ0) is 13.2. The lowest BCUT2D eigenvalue weighted by Gasteiger charge is -2.08. The van der Waals surface area contributed by atoms with E-state index in [1.54, 1.807) is 18.2 Å². The quantitative estimate of drug-likeness (QED) is 0.568. The number of nitrogens with one attached hydrogen (secondary N) is 2. The molecule has 96 valence electrons. The molecule has 3 aromatic rings. The molecule has 0 saturated heterocycles. The van der Waals surface area contributed by atoms with E-state index in [0.717, 1.165) is 0 Å². The van der Waals surface area contributed by atoms with Crippen LogP contribution in [0.15, 0.2) is 35.7 Å². The number of hydrogen-bond acceptors (Lipinski definition) is 5. The van der Waals surface area contributed by atoms with Gasteiger partial charge in [-0.25, -0.2) is 19.3 Å². The number of benzene rings is 1. The third kappa shape index (κ3) is 2.24. The number of imidazole rings is 1. The summed E-state index contributed by atoms with van der Waals surface area (Å²) in [5.74, 6) is 0.177. The average Bonchev–Trinajstić information content (AvgIpc) is 2.89. The monoisotopic (exact) mass is 275 g/mol. The summed E-state index contributed by atoms with van der Waals surface area (Å²) in [6, 6.07) is 6.44. The van der Waals surface area contributed by atoms with Gasteiger partial charge in [-0.15, -0.1) is 0 Å². The van der Waals surface area contributed by atoms with Crippen molar-refractivity contribution in [2.24, 2.45) is 0 Å². The van der Waals surface area contributed by atoms with Crippen molar-refractivity contribution in [2.75, 3.05) is 11.6 Å². The number of thioether (sulfide) groups is 1. The Hall–Kier alpha value is -2.15. The number of nitrogens with zero attached hydrogens (tertiary/aromatic N) is 3. The van der Waals surface area contributed by atoms with E-state index < -0.39 is 0 Å². The molecule has 0 atom stereocenters. The lowest BCUT2D eigenvalue weighted by atomic mass is 10.3. The topological polar surface area (TPSA) is 66.5 Å². The van der Waals surface area contributed by atoms with Crippen LogP contribution in [0.2, 0.25) is 0 Å². The van der Waals surface area contributed by atoms with E-state index in [0.29, 0.717) is 27.8 Å².